The number of unbranched alkanes of at least 4 members (excludes halogenated alkanes) is 2. The molecule has 23 heavy (non-hydrogen) atoms. The van der Waals surface area contributed by atoms with Crippen LogP contribution >= 0.6 is 0 Å². The molecular weight excluding hydrogens is 292 g/mol. The fourth-order valence-electron chi connectivity index (χ4n) is 2.25. The molecule has 0 atom stereocenters. The maximum Gasteiger partial charge on any atom is 0.197 e. The summed E-state index contributed by atoms with van der Waals surface area (Å²) in [6.45, 7) is 7.72. The van der Waals surface area contributed by atoms with E-state index >= 15 is 0 Å². The maximum absolute atomic E-state index is 12.4. The van der Waals surface area contributed by atoms with Gasteiger partial charge in [0.25, 0.3) is 0 Å². The fraction of sp³-hybridized carbons (Fsp3) is 0.579. The van der Waals surface area contributed by atoms with Gasteiger partial charge in [-0.15, -0.1) is 0 Å². The third-order valence-corrected chi connectivity index (χ3v) is 3.87. The van der Waals surface area contributed by atoms with Crippen LogP contribution in [0.2, 0.25) is 0 Å². The van der Waals surface area contributed by atoms with Gasteiger partial charge in [-0.25, -0.2) is 0 Å². The molecule has 1 rings (SSSR count). The average molecular weight is 320 g/mol. The Morgan fingerprint density at radius 3 is 2.39 bits per heavy atom. The largest absolute Gasteiger partial charge is 0.507 e. The molecule has 0 amide bonds. The molecule has 0 radical (unpaired) electrons. The van der Waals surface area contributed by atoms with Gasteiger partial charge < -0.3 is 9.84 Å². The van der Waals surface area contributed by atoms with E-state index in [0.717, 1.165) is 19.3 Å². The number of carbonyl (C=O) groups is 2. The van der Waals surface area contributed by atoms with Crippen LogP contribution in [0.4, 0.5) is 0 Å². The summed E-state index contributed by atoms with van der Waals surface area (Å²) in [5, 5.41) is 9.77. The number of rotatable bonds is 10. The second kappa shape index (κ2) is 8.82. The molecule has 1 aromatic rings. The zero-order valence-electron chi connectivity index (χ0n) is 14.6. The van der Waals surface area contributed by atoms with Crippen molar-refractivity contribution < 1.29 is 19.4 Å². The first-order valence-electron chi connectivity index (χ1n) is 8.25. The molecule has 0 heterocycles. The number of phenols is 1. The second-order valence-electron chi connectivity index (χ2n) is 6.64. The Kier molecular flexibility index (Phi) is 7.43. The number of ketones is 2. The van der Waals surface area contributed by atoms with Crippen LogP contribution in [0.5, 0.6) is 5.75 Å². The highest BCUT2D eigenvalue weighted by atomic mass is 16.5. The summed E-state index contributed by atoms with van der Waals surface area (Å²) in [5.74, 6) is 0.134. The molecule has 0 aliphatic rings. The van der Waals surface area contributed by atoms with Gasteiger partial charge in [0.15, 0.2) is 5.78 Å². The summed E-state index contributed by atoms with van der Waals surface area (Å²) in [4.78, 5) is 24.0. The SMILES string of the molecule is CC(C)C(=O)CCCCCOC(C)(C)C(=O)c1ccccc1O. The lowest BCUT2D eigenvalue weighted by Gasteiger charge is -2.24. The van der Waals surface area contributed by atoms with Gasteiger partial charge in [0, 0.05) is 18.9 Å². The summed E-state index contributed by atoms with van der Waals surface area (Å²) >= 11 is 0. The molecule has 1 N–H and O–H groups in total. The molecule has 0 saturated heterocycles. The predicted molar refractivity (Wildman–Crippen MR) is 90.8 cm³/mol. The van der Waals surface area contributed by atoms with Crippen LogP contribution in [0.1, 0.15) is 63.7 Å². The van der Waals surface area contributed by atoms with E-state index in [0.29, 0.717) is 18.8 Å². The van der Waals surface area contributed by atoms with E-state index in [4.69, 9.17) is 4.74 Å². The average Bonchev–Trinajstić information content (AvgIpc) is 2.50. The normalized spacial score (nSPS) is 11.7. The number of Topliss-reactive ketones (excluding diaryl/α,β-unsaturated/α-hetero) is 2. The lowest BCUT2D eigenvalue weighted by atomic mass is 9.95. The molecule has 0 aliphatic carbocycles. The highest BCUT2D eigenvalue weighted by Gasteiger charge is 2.30. The van der Waals surface area contributed by atoms with Crippen LogP contribution in [0.3, 0.4) is 0 Å². The Labute approximate surface area is 138 Å². The van der Waals surface area contributed by atoms with Crippen LogP contribution in [0.15, 0.2) is 24.3 Å². The third kappa shape index (κ3) is 6.14. The van der Waals surface area contributed by atoms with E-state index in [1.54, 1.807) is 32.0 Å². The van der Waals surface area contributed by atoms with E-state index in [1.165, 1.54) is 6.07 Å². The van der Waals surface area contributed by atoms with Crippen molar-refractivity contribution in [1.82, 2.24) is 0 Å². The third-order valence-electron chi connectivity index (χ3n) is 3.87. The maximum atomic E-state index is 12.4. The topological polar surface area (TPSA) is 63.6 Å². The van der Waals surface area contributed by atoms with Crippen molar-refractivity contribution in [1.29, 1.82) is 0 Å². The highest BCUT2D eigenvalue weighted by molar-refractivity contribution is 6.04. The van der Waals surface area contributed by atoms with Crippen LogP contribution in [0, 0.1) is 5.92 Å². The second-order valence-corrected chi connectivity index (χ2v) is 6.64. The van der Waals surface area contributed by atoms with E-state index in [1.807, 2.05) is 13.8 Å². The van der Waals surface area contributed by atoms with Crippen molar-refractivity contribution in [2.24, 2.45) is 5.92 Å². The lowest BCUT2D eigenvalue weighted by molar-refractivity contribution is -0.122. The Morgan fingerprint density at radius 2 is 1.78 bits per heavy atom. The molecule has 128 valence electrons. The number of carbonyl (C=O) groups excluding carboxylic acids is 2. The number of benzene rings is 1. The Hall–Kier alpha value is -1.68. The van der Waals surface area contributed by atoms with Gasteiger partial charge in [-0.2, -0.15) is 0 Å². The van der Waals surface area contributed by atoms with Crippen molar-refractivity contribution in [2.75, 3.05) is 6.61 Å². The van der Waals surface area contributed by atoms with Crippen molar-refractivity contribution in [2.45, 2.75) is 59.0 Å². The van der Waals surface area contributed by atoms with Crippen LogP contribution in [0.25, 0.3) is 0 Å². The molecule has 0 spiro atoms. The summed E-state index contributed by atoms with van der Waals surface area (Å²) < 4.78 is 5.71. The number of hydrogen-bond donors (Lipinski definition) is 1. The molecular formula is C19H28O4. The van der Waals surface area contributed by atoms with Crippen LogP contribution in [-0.4, -0.2) is 28.9 Å². The first kappa shape index (κ1) is 19.4. The summed E-state index contributed by atoms with van der Waals surface area (Å²) in [6, 6.07) is 6.49. The molecule has 0 aromatic heterocycles. The van der Waals surface area contributed by atoms with Gasteiger partial charge in [0.1, 0.15) is 17.1 Å². The monoisotopic (exact) mass is 320 g/mol. The van der Waals surface area contributed by atoms with Crippen LogP contribution in [-0.2, 0) is 9.53 Å². The van der Waals surface area contributed by atoms with Crippen molar-refractivity contribution in [3.8, 4) is 5.75 Å². The zero-order valence-corrected chi connectivity index (χ0v) is 14.6. The Morgan fingerprint density at radius 1 is 1.13 bits per heavy atom. The summed E-state index contributed by atoms with van der Waals surface area (Å²) in [5.41, 5.74) is -0.702. The minimum atomic E-state index is -0.980. The summed E-state index contributed by atoms with van der Waals surface area (Å²) in [7, 11) is 0. The molecule has 4 nitrogen and oxygen atoms in total. The summed E-state index contributed by atoms with van der Waals surface area (Å²) in [6.07, 6.45) is 3.17. The molecule has 0 saturated carbocycles. The van der Waals surface area contributed by atoms with Crippen molar-refractivity contribution in [3.05, 3.63) is 29.8 Å². The van der Waals surface area contributed by atoms with Gasteiger partial charge >= 0.3 is 0 Å². The highest BCUT2D eigenvalue weighted by Crippen LogP contribution is 2.24. The van der Waals surface area contributed by atoms with Gasteiger partial charge in [-0.1, -0.05) is 32.4 Å². The molecule has 0 bridgehead atoms. The number of para-hydroxylation sites is 1. The number of phenolic OH excluding ortho intramolecular Hbond substituents is 1. The molecule has 0 unspecified atom stereocenters. The van der Waals surface area contributed by atoms with Crippen LogP contribution < -0.4 is 0 Å². The number of hydrogen-bond acceptors (Lipinski definition) is 4. The van der Waals surface area contributed by atoms with E-state index in [2.05, 4.69) is 0 Å². The van der Waals surface area contributed by atoms with E-state index in [9.17, 15) is 14.7 Å². The predicted octanol–water partition coefficient (Wildman–Crippen LogP) is 4.16. The standard InChI is InChI=1S/C19H28O4/c1-14(2)16(20)11-6-5-9-13-23-19(3,4)18(22)15-10-7-8-12-17(15)21/h7-8,10,12,14,21H,5-6,9,11,13H2,1-4H3. The minimum Gasteiger partial charge on any atom is -0.507 e. The zero-order chi connectivity index (χ0) is 17.5. The number of ether oxygens (including phenoxy) is 1. The van der Waals surface area contributed by atoms with Gasteiger partial charge in [0.05, 0.1) is 5.56 Å². The van der Waals surface area contributed by atoms with E-state index in [-0.39, 0.29) is 23.0 Å². The fourth-order valence-corrected chi connectivity index (χ4v) is 2.25. The van der Waals surface area contributed by atoms with Crippen molar-refractivity contribution in [3.63, 3.8) is 0 Å². The Bertz CT molecular complexity index is 532. The first-order chi connectivity index (χ1) is 10.8. The van der Waals surface area contributed by atoms with E-state index < -0.39 is 5.60 Å². The smallest absolute Gasteiger partial charge is 0.197 e. The van der Waals surface area contributed by atoms with Gasteiger partial charge in [-0.05, 0) is 38.8 Å². The number of aromatic hydroxyl groups is 1. The van der Waals surface area contributed by atoms with Gasteiger partial charge in [-0.3, -0.25) is 9.59 Å². The molecule has 1 aromatic carbocycles. The van der Waals surface area contributed by atoms with Crippen molar-refractivity contribution >= 4 is 11.6 Å². The minimum absolute atomic E-state index is 0.0265. The molecule has 4 heteroatoms. The first-order valence-corrected chi connectivity index (χ1v) is 8.25. The van der Waals surface area contributed by atoms with Gasteiger partial charge in [0.2, 0.25) is 0 Å². The molecule has 0 aliphatic heterocycles. The Balaban J connectivity index is 2.37. The quantitative estimate of drug-likeness (QED) is 0.519. The lowest BCUT2D eigenvalue weighted by Crippen LogP contribution is -2.35. The molecule has 0 fully saturated rings.